The molecule has 112 valence electrons. The standard InChI is InChI=1S/C14H10ClN3O4/c1-7-10(8-3-4-16-6-18-8)12(9-5-17-14(15)21-9)22-11(7)13(19)20-2/h3-6H,1-2H3. The van der Waals surface area contributed by atoms with Crippen LogP contribution < -0.4 is 0 Å². The summed E-state index contributed by atoms with van der Waals surface area (Å²) in [5.74, 6) is 0.0659. The van der Waals surface area contributed by atoms with Crippen LogP contribution in [0.1, 0.15) is 16.1 Å². The third-order valence-electron chi connectivity index (χ3n) is 3.06. The molecular formula is C14H10ClN3O4. The van der Waals surface area contributed by atoms with Crippen molar-refractivity contribution in [1.29, 1.82) is 0 Å². The molecule has 0 amide bonds. The van der Waals surface area contributed by atoms with E-state index >= 15 is 0 Å². The molecule has 0 bridgehead atoms. The summed E-state index contributed by atoms with van der Waals surface area (Å²) in [6, 6.07) is 1.69. The number of carbonyl (C=O) groups excluding carboxylic acids is 1. The van der Waals surface area contributed by atoms with Crippen molar-refractivity contribution in [2.45, 2.75) is 6.92 Å². The zero-order valence-electron chi connectivity index (χ0n) is 11.7. The number of carbonyl (C=O) groups is 1. The van der Waals surface area contributed by atoms with Crippen molar-refractivity contribution in [1.82, 2.24) is 15.0 Å². The van der Waals surface area contributed by atoms with Gasteiger partial charge in [0.15, 0.2) is 11.5 Å². The van der Waals surface area contributed by atoms with Gasteiger partial charge in [0.25, 0.3) is 5.35 Å². The molecule has 3 heterocycles. The van der Waals surface area contributed by atoms with Gasteiger partial charge in [-0.2, -0.15) is 0 Å². The van der Waals surface area contributed by atoms with E-state index in [-0.39, 0.29) is 16.9 Å². The van der Waals surface area contributed by atoms with Crippen LogP contribution in [-0.2, 0) is 4.74 Å². The van der Waals surface area contributed by atoms with Gasteiger partial charge in [0.2, 0.25) is 5.76 Å². The maximum absolute atomic E-state index is 11.8. The number of aromatic nitrogens is 3. The molecular weight excluding hydrogens is 310 g/mol. The number of methoxy groups -OCH3 is 1. The molecule has 0 saturated carbocycles. The number of halogens is 1. The maximum atomic E-state index is 11.8. The Balaban J connectivity index is 2.26. The van der Waals surface area contributed by atoms with Crippen LogP contribution in [0.4, 0.5) is 0 Å². The topological polar surface area (TPSA) is 91.2 Å². The van der Waals surface area contributed by atoms with E-state index in [0.717, 1.165) is 0 Å². The quantitative estimate of drug-likeness (QED) is 0.685. The minimum absolute atomic E-state index is 0.0303. The van der Waals surface area contributed by atoms with Crippen LogP contribution in [0.25, 0.3) is 22.8 Å². The Morgan fingerprint density at radius 3 is 2.73 bits per heavy atom. The van der Waals surface area contributed by atoms with Crippen LogP contribution in [0.2, 0.25) is 5.35 Å². The van der Waals surface area contributed by atoms with Crippen molar-refractivity contribution in [2.75, 3.05) is 7.11 Å². The maximum Gasteiger partial charge on any atom is 0.374 e. The van der Waals surface area contributed by atoms with Gasteiger partial charge in [-0.1, -0.05) is 0 Å². The average molecular weight is 320 g/mol. The van der Waals surface area contributed by atoms with E-state index in [2.05, 4.69) is 15.0 Å². The Morgan fingerprint density at radius 2 is 2.14 bits per heavy atom. The molecule has 8 heteroatoms. The first kappa shape index (κ1) is 14.3. The first-order valence-corrected chi connectivity index (χ1v) is 6.59. The summed E-state index contributed by atoms with van der Waals surface area (Å²) in [6.07, 6.45) is 4.40. The number of hydrogen-bond donors (Lipinski definition) is 0. The summed E-state index contributed by atoms with van der Waals surface area (Å²) in [6.45, 7) is 1.73. The fourth-order valence-electron chi connectivity index (χ4n) is 2.08. The summed E-state index contributed by atoms with van der Waals surface area (Å²) < 4.78 is 15.6. The molecule has 22 heavy (non-hydrogen) atoms. The zero-order valence-corrected chi connectivity index (χ0v) is 12.4. The Kier molecular flexibility index (Phi) is 3.64. The molecule has 3 rings (SSSR count). The smallest absolute Gasteiger partial charge is 0.374 e. The second kappa shape index (κ2) is 5.61. The number of esters is 1. The first-order valence-electron chi connectivity index (χ1n) is 6.21. The average Bonchev–Trinajstić information content (AvgIpc) is 3.11. The largest absolute Gasteiger partial charge is 0.463 e. The Labute approximate surface area is 129 Å². The highest BCUT2D eigenvalue weighted by Gasteiger charge is 2.27. The molecule has 0 aromatic carbocycles. The van der Waals surface area contributed by atoms with Gasteiger partial charge in [0, 0.05) is 11.8 Å². The number of furan rings is 1. The van der Waals surface area contributed by atoms with Crippen molar-refractivity contribution in [3.8, 4) is 22.8 Å². The van der Waals surface area contributed by atoms with Gasteiger partial charge in [-0.3, -0.25) is 0 Å². The lowest BCUT2D eigenvalue weighted by molar-refractivity contribution is 0.0565. The van der Waals surface area contributed by atoms with Crippen molar-refractivity contribution < 1.29 is 18.4 Å². The lowest BCUT2D eigenvalue weighted by Crippen LogP contribution is -2.01. The Morgan fingerprint density at radius 1 is 1.32 bits per heavy atom. The molecule has 0 unspecified atom stereocenters. The van der Waals surface area contributed by atoms with E-state index in [1.165, 1.54) is 19.6 Å². The van der Waals surface area contributed by atoms with Gasteiger partial charge >= 0.3 is 5.97 Å². The molecule has 0 spiro atoms. The highest BCUT2D eigenvalue weighted by atomic mass is 35.5. The van der Waals surface area contributed by atoms with Gasteiger partial charge in [-0.05, 0) is 24.6 Å². The van der Waals surface area contributed by atoms with E-state index in [0.29, 0.717) is 22.6 Å². The molecule has 3 aromatic rings. The molecule has 0 saturated heterocycles. The molecule has 0 radical (unpaired) electrons. The number of rotatable bonds is 3. The predicted octanol–water partition coefficient (Wildman–Crippen LogP) is 3.14. The predicted molar refractivity (Wildman–Crippen MR) is 76.3 cm³/mol. The third-order valence-corrected chi connectivity index (χ3v) is 3.23. The van der Waals surface area contributed by atoms with Crippen molar-refractivity contribution in [2.24, 2.45) is 0 Å². The van der Waals surface area contributed by atoms with Crippen LogP contribution in [0, 0.1) is 6.92 Å². The van der Waals surface area contributed by atoms with Crippen molar-refractivity contribution in [3.63, 3.8) is 0 Å². The summed E-state index contributed by atoms with van der Waals surface area (Å²) in [7, 11) is 1.28. The van der Waals surface area contributed by atoms with Gasteiger partial charge in [0.05, 0.1) is 24.6 Å². The van der Waals surface area contributed by atoms with E-state index in [9.17, 15) is 4.79 Å². The number of oxazole rings is 1. The molecule has 0 N–H and O–H groups in total. The van der Waals surface area contributed by atoms with Gasteiger partial charge in [-0.15, -0.1) is 0 Å². The highest BCUT2D eigenvalue weighted by molar-refractivity contribution is 6.27. The van der Waals surface area contributed by atoms with E-state index in [1.807, 2.05) is 0 Å². The molecule has 0 aliphatic heterocycles. The number of nitrogens with zero attached hydrogens (tertiary/aromatic N) is 3. The monoisotopic (exact) mass is 319 g/mol. The van der Waals surface area contributed by atoms with Crippen molar-refractivity contribution >= 4 is 17.6 Å². The summed E-state index contributed by atoms with van der Waals surface area (Å²) in [5.41, 5.74) is 1.75. The SMILES string of the molecule is COC(=O)c1oc(-c2cnc(Cl)o2)c(-c2ccncn2)c1C. The highest BCUT2D eigenvalue weighted by Crippen LogP contribution is 2.38. The molecule has 7 nitrogen and oxygen atoms in total. The molecule has 3 aromatic heterocycles. The van der Waals surface area contributed by atoms with Crippen molar-refractivity contribution in [3.05, 3.63) is 41.5 Å². The fourth-order valence-corrected chi connectivity index (χ4v) is 2.21. The molecule has 0 atom stereocenters. The van der Waals surface area contributed by atoms with Gasteiger partial charge in [0.1, 0.15) is 6.33 Å². The third kappa shape index (κ3) is 2.35. The second-order valence-corrected chi connectivity index (χ2v) is 4.65. The normalized spacial score (nSPS) is 10.7. The van der Waals surface area contributed by atoms with Gasteiger partial charge in [-0.25, -0.2) is 19.7 Å². The van der Waals surface area contributed by atoms with E-state index < -0.39 is 5.97 Å². The molecule has 0 aliphatic rings. The first-order chi connectivity index (χ1) is 10.6. The minimum Gasteiger partial charge on any atom is -0.463 e. The lowest BCUT2D eigenvalue weighted by atomic mass is 10.1. The summed E-state index contributed by atoms with van der Waals surface area (Å²) in [4.78, 5) is 23.7. The van der Waals surface area contributed by atoms with Crippen LogP contribution in [0.15, 0.2) is 33.6 Å². The van der Waals surface area contributed by atoms with Crippen LogP contribution in [0.3, 0.4) is 0 Å². The Hall–Kier alpha value is -2.67. The lowest BCUT2D eigenvalue weighted by Gasteiger charge is -2.00. The fraction of sp³-hybridized carbons (Fsp3) is 0.143. The van der Waals surface area contributed by atoms with Crippen LogP contribution in [0.5, 0.6) is 0 Å². The Bertz CT molecular complexity index is 826. The van der Waals surface area contributed by atoms with Gasteiger partial charge < -0.3 is 13.6 Å². The van der Waals surface area contributed by atoms with Crippen LogP contribution >= 0.6 is 11.6 Å². The number of hydrogen-bond acceptors (Lipinski definition) is 7. The van der Waals surface area contributed by atoms with E-state index in [1.54, 1.807) is 19.2 Å². The molecule has 0 aliphatic carbocycles. The molecule has 0 fully saturated rings. The van der Waals surface area contributed by atoms with E-state index in [4.69, 9.17) is 25.2 Å². The summed E-state index contributed by atoms with van der Waals surface area (Å²) in [5, 5.41) is -0.0303. The number of ether oxygens (including phenoxy) is 1. The minimum atomic E-state index is -0.593. The second-order valence-electron chi connectivity index (χ2n) is 4.32. The summed E-state index contributed by atoms with van der Waals surface area (Å²) >= 11 is 5.71. The van der Waals surface area contributed by atoms with Crippen LogP contribution in [-0.4, -0.2) is 28.0 Å². The zero-order chi connectivity index (χ0) is 15.7.